The van der Waals surface area contributed by atoms with Crippen molar-refractivity contribution in [3.63, 3.8) is 0 Å². The fraction of sp³-hybridized carbons (Fsp3) is 0.714. The summed E-state index contributed by atoms with van der Waals surface area (Å²) in [7, 11) is 0. The fourth-order valence-electron chi connectivity index (χ4n) is 0.601. The Bertz CT molecular complexity index is 198. The molecular formula is C7H9Cl2NO2. The van der Waals surface area contributed by atoms with Crippen molar-refractivity contribution in [1.82, 2.24) is 0 Å². The number of alkyl halides is 2. The zero-order valence-corrected chi connectivity index (χ0v) is 8.15. The van der Waals surface area contributed by atoms with Crippen LogP contribution in [-0.4, -0.2) is 16.9 Å². The Balaban J connectivity index is 3.89. The van der Waals surface area contributed by atoms with Crippen molar-refractivity contribution in [1.29, 1.82) is 5.26 Å². The molecular weight excluding hydrogens is 201 g/mol. The first kappa shape index (κ1) is 11.5. The van der Waals surface area contributed by atoms with E-state index in [9.17, 15) is 4.79 Å². The summed E-state index contributed by atoms with van der Waals surface area (Å²) >= 11 is 11.2. The van der Waals surface area contributed by atoms with Crippen molar-refractivity contribution in [2.45, 2.75) is 24.1 Å². The van der Waals surface area contributed by atoms with E-state index < -0.39 is 10.3 Å². The van der Waals surface area contributed by atoms with E-state index in [0.29, 0.717) is 0 Å². The van der Waals surface area contributed by atoms with Crippen LogP contribution in [0, 0.1) is 11.3 Å². The third-order valence-corrected chi connectivity index (χ3v) is 1.58. The number of nitriles is 1. The average molecular weight is 210 g/mol. The summed E-state index contributed by atoms with van der Waals surface area (Å²) in [5.41, 5.74) is 0. The van der Waals surface area contributed by atoms with E-state index in [1.54, 1.807) is 13.0 Å². The normalized spacial score (nSPS) is 10.5. The third-order valence-electron chi connectivity index (χ3n) is 1.05. The number of nitrogens with zero attached hydrogens (tertiary/aromatic N) is 1. The number of hydrogen-bond donors (Lipinski definition) is 0. The SMILES string of the molecule is CCOC(=O)CC(Cl)(Cl)CC#N. The van der Waals surface area contributed by atoms with Crippen LogP contribution >= 0.6 is 23.2 Å². The van der Waals surface area contributed by atoms with Crippen LogP contribution in [0.2, 0.25) is 0 Å². The molecule has 0 radical (unpaired) electrons. The van der Waals surface area contributed by atoms with Crippen LogP contribution in [0.15, 0.2) is 0 Å². The molecule has 5 heteroatoms. The van der Waals surface area contributed by atoms with Gasteiger partial charge in [0.05, 0.1) is 25.5 Å². The molecule has 3 nitrogen and oxygen atoms in total. The van der Waals surface area contributed by atoms with E-state index in [4.69, 9.17) is 28.5 Å². The number of esters is 1. The highest BCUT2D eigenvalue weighted by atomic mass is 35.5. The molecule has 0 saturated heterocycles. The molecule has 0 aromatic carbocycles. The molecule has 0 fully saturated rings. The molecule has 0 aliphatic carbocycles. The maximum atomic E-state index is 10.8. The van der Waals surface area contributed by atoms with Gasteiger partial charge in [-0.15, -0.1) is 0 Å². The molecule has 0 N–H and O–H groups in total. The highest BCUT2D eigenvalue weighted by Crippen LogP contribution is 2.29. The number of halogens is 2. The summed E-state index contributed by atoms with van der Waals surface area (Å²) in [4.78, 5) is 10.8. The predicted octanol–water partition coefficient (Wildman–Crippen LogP) is 2.03. The Kier molecular flexibility index (Phi) is 5.03. The highest BCUT2D eigenvalue weighted by Gasteiger charge is 2.27. The first-order valence-corrected chi connectivity index (χ1v) is 4.18. The number of carbonyl (C=O) groups is 1. The van der Waals surface area contributed by atoms with Gasteiger partial charge in [-0.1, -0.05) is 23.2 Å². The summed E-state index contributed by atoms with van der Waals surface area (Å²) in [5.74, 6) is -0.488. The average Bonchev–Trinajstić information content (AvgIpc) is 1.85. The largest absolute Gasteiger partial charge is 0.466 e. The standard InChI is InChI=1S/C7H9Cl2NO2/c1-2-12-6(11)5-7(8,9)3-4-10/h2-3,5H2,1H3. The Morgan fingerprint density at radius 1 is 1.67 bits per heavy atom. The van der Waals surface area contributed by atoms with Crippen LogP contribution in [0.4, 0.5) is 0 Å². The van der Waals surface area contributed by atoms with Crippen LogP contribution in [0.25, 0.3) is 0 Å². The van der Waals surface area contributed by atoms with E-state index in [2.05, 4.69) is 4.74 Å². The maximum absolute atomic E-state index is 10.8. The lowest BCUT2D eigenvalue weighted by molar-refractivity contribution is -0.143. The van der Waals surface area contributed by atoms with Gasteiger partial charge in [-0.3, -0.25) is 4.79 Å². The van der Waals surface area contributed by atoms with Crippen LogP contribution < -0.4 is 0 Å². The predicted molar refractivity (Wildman–Crippen MR) is 45.9 cm³/mol. The van der Waals surface area contributed by atoms with Crippen LogP contribution in [0.5, 0.6) is 0 Å². The van der Waals surface area contributed by atoms with Gasteiger partial charge in [-0.25, -0.2) is 0 Å². The zero-order valence-electron chi connectivity index (χ0n) is 6.64. The van der Waals surface area contributed by atoms with Gasteiger partial charge in [-0.2, -0.15) is 5.26 Å². The summed E-state index contributed by atoms with van der Waals surface area (Å²) < 4.78 is 3.29. The molecule has 0 spiro atoms. The van der Waals surface area contributed by atoms with Crippen molar-refractivity contribution in [2.75, 3.05) is 6.61 Å². The first-order chi connectivity index (χ1) is 5.52. The fourth-order valence-corrected chi connectivity index (χ4v) is 0.939. The van der Waals surface area contributed by atoms with E-state index in [1.807, 2.05) is 0 Å². The molecule has 0 aliphatic heterocycles. The van der Waals surface area contributed by atoms with Gasteiger partial charge in [-0.05, 0) is 6.92 Å². The number of carbonyl (C=O) groups excluding carboxylic acids is 1. The molecule has 0 rings (SSSR count). The van der Waals surface area contributed by atoms with Gasteiger partial charge in [0, 0.05) is 0 Å². The molecule has 0 aliphatic rings. The Labute approximate surface area is 81.2 Å². The van der Waals surface area contributed by atoms with E-state index in [-0.39, 0.29) is 19.4 Å². The zero-order chi connectivity index (χ0) is 9.61. The molecule has 68 valence electrons. The van der Waals surface area contributed by atoms with Crippen molar-refractivity contribution in [3.05, 3.63) is 0 Å². The minimum absolute atomic E-state index is 0.0884. The minimum Gasteiger partial charge on any atom is -0.466 e. The minimum atomic E-state index is -1.32. The smallest absolute Gasteiger partial charge is 0.308 e. The summed E-state index contributed by atoms with van der Waals surface area (Å²) in [5, 5.41) is 8.27. The maximum Gasteiger partial charge on any atom is 0.308 e. The summed E-state index contributed by atoms with van der Waals surface area (Å²) in [6, 6.07) is 1.78. The van der Waals surface area contributed by atoms with E-state index in [1.165, 1.54) is 0 Å². The lowest BCUT2D eigenvalue weighted by atomic mass is 10.2. The van der Waals surface area contributed by atoms with Gasteiger partial charge in [0.2, 0.25) is 0 Å². The highest BCUT2D eigenvalue weighted by molar-refractivity contribution is 6.49. The molecule has 0 atom stereocenters. The molecule has 12 heavy (non-hydrogen) atoms. The van der Waals surface area contributed by atoms with Crippen molar-refractivity contribution >= 4 is 29.2 Å². The lowest BCUT2D eigenvalue weighted by Crippen LogP contribution is -2.19. The topological polar surface area (TPSA) is 50.1 Å². The van der Waals surface area contributed by atoms with Gasteiger partial charge in [0.25, 0.3) is 0 Å². The molecule has 0 aromatic heterocycles. The van der Waals surface area contributed by atoms with Crippen LogP contribution in [0.1, 0.15) is 19.8 Å². The number of ether oxygens (including phenoxy) is 1. The monoisotopic (exact) mass is 209 g/mol. The van der Waals surface area contributed by atoms with Crippen molar-refractivity contribution < 1.29 is 9.53 Å². The van der Waals surface area contributed by atoms with Crippen molar-refractivity contribution in [3.8, 4) is 6.07 Å². The first-order valence-electron chi connectivity index (χ1n) is 3.42. The van der Waals surface area contributed by atoms with Crippen LogP contribution in [-0.2, 0) is 9.53 Å². The van der Waals surface area contributed by atoms with Gasteiger partial charge >= 0.3 is 5.97 Å². The second kappa shape index (κ2) is 5.23. The number of hydrogen-bond acceptors (Lipinski definition) is 3. The summed E-state index contributed by atoms with van der Waals surface area (Å²) in [6.45, 7) is 1.97. The second-order valence-corrected chi connectivity index (χ2v) is 3.81. The Morgan fingerprint density at radius 2 is 2.25 bits per heavy atom. The molecule has 0 bridgehead atoms. The molecule has 0 heterocycles. The third kappa shape index (κ3) is 5.22. The summed E-state index contributed by atoms with van der Waals surface area (Å²) in [6.07, 6.45) is -0.244. The van der Waals surface area contributed by atoms with Crippen LogP contribution in [0.3, 0.4) is 0 Å². The van der Waals surface area contributed by atoms with Gasteiger partial charge < -0.3 is 4.74 Å². The molecule has 0 amide bonds. The van der Waals surface area contributed by atoms with E-state index >= 15 is 0 Å². The lowest BCUT2D eigenvalue weighted by Gasteiger charge is -2.13. The molecule has 0 unspecified atom stereocenters. The molecule has 0 aromatic rings. The van der Waals surface area contributed by atoms with Gasteiger partial charge in [0.15, 0.2) is 0 Å². The van der Waals surface area contributed by atoms with E-state index in [0.717, 1.165) is 0 Å². The Hall–Kier alpha value is -0.460. The Morgan fingerprint density at radius 3 is 2.67 bits per heavy atom. The second-order valence-electron chi connectivity index (χ2n) is 2.17. The quantitative estimate of drug-likeness (QED) is 0.526. The van der Waals surface area contributed by atoms with Gasteiger partial charge in [0.1, 0.15) is 4.33 Å². The molecule has 0 saturated carbocycles. The van der Waals surface area contributed by atoms with Crippen molar-refractivity contribution in [2.24, 2.45) is 0 Å². The number of rotatable bonds is 4.